The highest BCUT2D eigenvalue weighted by Gasteiger charge is 2.61. The second kappa shape index (κ2) is 9.05. The predicted octanol–water partition coefficient (Wildman–Crippen LogP) is 3.43. The Morgan fingerprint density at radius 3 is 2.50 bits per heavy atom. The average Bonchev–Trinajstić information content (AvgIpc) is 3.35. The number of benzene rings is 1. The number of esters is 1. The molecule has 0 radical (unpaired) electrons. The molecule has 2 heterocycles. The van der Waals surface area contributed by atoms with Crippen molar-refractivity contribution in [3.05, 3.63) is 47.8 Å². The lowest BCUT2D eigenvalue weighted by molar-refractivity contribution is -0.350. The molecule has 1 aromatic carbocycles. The number of nitrogens with zero attached hydrogens (tertiary/aromatic N) is 2. The smallest absolute Gasteiger partial charge is 0.447 e. The molecule has 1 aliphatic rings. The van der Waals surface area contributed by atoms with Crippen molar-refractivity contribution in [2.75, 3.05) is 26.4 Å². The fraction of sp³-hybridized carbons (Fsp3) is 0.500. The van der Waals surface area contributed by atoms with Crippen molar-refractivity contribution < 1.29 is 36.9 Å². The minimum atomic E-state index is -4.70. The van der Waals surface area contributed by atoms with Gasteiger partial charge < -0.3 is 18.9 Å². The molecule has 164 valence electrons. The summed E-state index contributed by atoms with van der Waals surface area (Å²) in [4.78, 5) is 11.9. The minimum absolute atomic E-state index is 0.140. The van der Waals surface area contributed by atoms with Crippen molar-refractivity contribution >= 4 is 5.97 Å². The third-order valence-electron chi connectivity index (χ3n) is 4.30. The van der Waals surface area contributed by atoms with Crippen molar-refractivity contribution in [1.29, 1.82) is 0 Å². The molecular weight excluding hydrogens is 405 g/mol. The summed E-state index contributed by atoms with van der Waals surface area (Å²) in [5.74, 6) is -2.68. The molecule has 10 heteroatoms. The van der Waals surface area contributed by atoms with Crippen LogP contribution in [0, 0.1) is 5.92 Å². The number of hydrogen-bond acceptors (Lipinski definition) is 6. The van der Waals surface area contributed by atoms with Crippen LogP contribution in [0.15, 0.2) is 36.7 Å². The van der Waals surface area contributed by atoms with E-state index in [9.17, 15) is 18.0 Å². The van der Waals surface area contributed by atoms with E-state index in [1.54, 1.807) is 35.1 Å². The molecule has 0 unspecified atom stereocenters. The Morgan fingerprint density at radius 1 is 1.23 bits per heavy atom. The van der Waals surface area contributed by atoms with Gasteiger partial charge in [-0.05, 0) is 23.6 Å². The van der Waals surface area contributed by atoms with E-state index >= 15 is 0 Å². The lowest BCUT2D eigenvalue weighted by atomic mass is 10.2. The molecule has 30 heavy (non-hydrogen) atoms. The Hall–Kier alpha value is -2.59. The summed E-state index contributed by atoms with van der Waals surface area (Å²) < 4.78 is 61.1. The fourth-order valence-corrected chi connectivity index (χ4v) is 2.72. The van der Waals surface area contributed by atoms with E-state index in [0.29, 0.717) is 18.7 Å². The van der Waals surface area contributed by atoms with Crippen molar-refractivity contribution in [3.8, 4) is 5.75 Å². The standard InChI is InChI=1S/C20H23F3N2O5/c1-14(2)12-27-18(26)16-9-24-25(11-16)10-15-3-5-17(6-4-15)28-13-19(20(21,22)23)29-7-8-30-19/h3-6,9,11,14H,7-8,10,12-13H2,1-2H3. The first-order chi connectivity index (χ1) is 14.2. The summed E-state index contributed by atoms with van der Waals surface area (Å²) in [5, 5.41) is 4.13. The van der Waals surface area contributed by atoms with E-state index < -0.39 is 24.5 Å². The maximum atomic E-state index is 13.2. The number of aromatic nitrogens is 2. The highest BCUT2D eigenvalue weighted by Crippen LogP contribution is 2.38. The van der Waals surface area contributed by atoms with Gasteiger partial charge in [-0.25, -0.2) is 4.79 Å². The first-order valence-corrected chi connectivity index (χ1v) is 9.44. The first-order valence-electron chi connectivity index (χ1n) is 9.44. The molecule has 0 saturated carbocycles. The van der Waals surface area contributed by atoms with E-state index in [0.717, 1.165) is 5.56 Å². The lowest BCUT2D eigenvalue weighted by Gasteiger charge is -2.29. The quantitative estimate of drug-likeness (QED) is 0.600. The van der Waals surface area contributed by atoms with Gasteiger partial charge in [0.15, 0.2) is 6.61 Å². The number of alkyl halides is 3. The van der Waals surface area contributed by atoms with Crippen molar-refractivity contribution in [1.82, 2.24) is 9.78 Å². The van der Waals surface area contributed by atoms with Gasteiger partial charge in [-0.2, -0.15) is 18.3 Å². The number of rotatable bonds is 8. The van der Waals surface area contributed by atoms with Crippen molar-refractivity contribution in [2.24, 2.45) is 5.92 Å². The number of ether oxygens (including phenoxy) is 4. The molecule has 0 atom stereocenters. The highest BCUT2D eigenvalue weighted by molar-refractivity contribution is 5.88. The largest absolute Gasteiger partial charge is 0.488 e. The maximum Gasteiger partial charge on any atom is 0.447 e. The summed E-state index contributed by atoms with van der Waals surface area (Å²) >= 11 is 0. The summed E-state index contributed by atoms with van der Waals surface area (Å²) in [6, 6.07) is 6.50. The van der Waals surface area contributed by atoms with E-state index in [2.05, 4.69) is 5.10 Å². The van der Waals surface area contributed by atoms with E-state index in [1.165, 1.54) is 6.20 Å². The van der Waals surface area contributed by atoms with E-state index in [-0.39, 0.29) is 24.9 Å². The Labute approximate surface area is 171 Å². The zero-order valence-corrected chi connectivity index (χ0v) is 16.6. The summed E-state index contributed by atoms with van der Waals surface area (Å²) in [5.41, 5.74) is 1.18. The molecule has 1 saturated heterocycles. The number of carbonyl (C=O) groups excluding carboxylic acids is 1. The van der Waals surface area contributed by atoms with E-state index in [1.807, 2.05) is 13.8 Å². The Kier molecular flexibility index (Phi) is 6.67. The second-order valence-electron chi connectivity index (χ2n) is 7.30. The molecule has 7 nitrogen and oxygen atoms in total. The van der Waals surface area contributed by atoms with Crippen LogP contribution in [0.2, 0.25) is 0 Å². The number of carbonyl (C=O) groups is 1. The van der Waals surface area contributed by atoms with Gasteiger partial charge in [-0.1, -0.05) is 26.0 Å². The van der Waals surface area contributed by atoms with Crippen molar-refractivity contribution in [3.63, 3.8) is 0 Å². The highest BCUT2D eigenvalue weighted by atomic mass is 19.4. The van der Waals surface area contributed by atoms with Gasteiger partial charge in [-0.3, -0.25) is 4.68 Å². The second-order valence-corrected chi connectivity index (χ2v) is 7.30. The number of hydrogen-bond donors (Lipinski definition) is 0. The van der Waals surface area contributed by atoms with Crippen LogP contribution in [-0.4, -0.2) is 54.1 Å². The topological polar surface area (TPSA) is 71.8 Å². The zero-order chi connectivity index (χ0) is 21.8. The molecule has 0 aliphatic carbocycles. The molecule has 1 aromatic heterocycles. The average molecular weight is 428 g/mol. The Balaban J connectivity index is 1.56. The molecule has 0 bridgehead atoms. The van der Waals surface area contributed by atoms with Gasteiger partial charge >= 0.3 is 17.9 Å². The van der Waals surface area contributed by atoms with Gasteiger partial charge in [0, 0.05) is 6.20 Å². The van der Waals surface area contributed by atoms with Crippen LogP contribution in [0.4, 0.5) is 13.2 Å². The molecule has 0 amide bonds. The summed E-state index contributed by atoms with van der Waals surface area (Å²) in [6.45, 7) is 3.52. The third-order valence-corrected chi connectivity index (χ3v) is 4.30. The van der Waals surface area contributed by atoms with Gasteiger partial charge in [0.1, 0.15) is 5.75 Å². The van der Waals surface area contributed by atoms with Gasteiger partial charge in [0.05, 0.1) is 38.1 Å². The Bertz CT molecular complexity index is 843. The molecule has 1 fully saturated rings. The minimum Gasteiger partial charge on any atom is -0.488 e. The molecule has 0 N–H and O–H groups in total. The lowest BCUT2D eigenvalue weighted by Crippen LogP contribution is -2.51. The summed E-state index contributed by atoms with van der Waals surface area (Å²) in [7, 11) is 0. The SMILES string of the molecule is CC(C)COC(=O)c1cnn(Cc2ccc(OCC3(C(F)(F)F)OCCO3)cc2)c1. The molecular formula is C20H23F3N2O5. The molecule has 2 aromatic rings. The third kappa shape index (κ3) is 5.31. The maximum absolute atomic E-state index is 13.2. The molecule has 1 aliphatic heterocycles. The molecule has 3 rings (SSSR count). The van der Waals surface area contributed by atoms with Crippen LogP contribution in [0.3, 0.4) is 0 Å². The van der Waals surface area contributed by atoms with Crippen LogP contribution < -0.4 is 4.74 Å². The summed E-state index contributed by atoms with van der Waals surface area (Å²) in [6.07, 6.45) is -1.69. The monoisotopic (exact) mass is 428 g/mol. The fourth-order valence-electron chi connectivity index (χ4n) is 2.72. The van der Waals surface area contributed by atoms with Gasteiger partial charge in [0.25, 0.3) is 0 Å². The molecule has 0 spiro atoms. The normalized spacial score (nSPS) is 16.1. The van der Waals surface area contributed by atoms with Gasteiger partial charge in [0.2, 0.25) is 0 Å². The Morgan fingerprint density at radius 2 is 1.90 bits per heavy atom. The van der Waals surface area contributed by atoms with Crippen LogP contribution in [-0.2, 0) is 20.8 Å². The predicted molar refractivity (Wildman–Crippen MR) is 99.1 cm³/mol. The van der Waals surface area contributed by atoms with Crippen LogP contribution in [0.5, 0.6) is 5.75 Å². The first kappa shape index (κ1) is 22.1. The van der Waals surface area contributed by atoms with Crippen LogP contribution in [0.25, 0.3) is 0 Å². The van der Waals surface area contributed by atoms with Crippen LogP contribution >= 0.6 is 0 Å². The van der Waals surface area contributed by atoms with Crippen LogP contribution in [0.1, 0.15) is 29.8 Å². The zero-order valence-electron chi connectivity index (χ0n) is 16.6. The van der Waals surface area contributed by atoms with Gasteiger partial charge in [-0.15, -0.1) is 0 Å². The van der Waals surface area contributed by atoms with E-state index in [4.69, 9.17) is 18.9 Å². The van der Waals surface area contributed by atoms with Crippen molar-refractivity contribution in [2.45, 2.75) is 32.4 Å². The number of halogens is 3.